The highest BCUT2D eigenvalue weighted by atomic mass is 15.3. The highest BCUT2D eigenvalue weighted by molar-refractivity contribution is 5.02. The molecule has 0 amide bonds. The van der Waals surface area contributed by atoms with Gasteiger partial charge in [-0.25, -0.2) is 0 Å². The molecule has 1 aromatic heterocycles. The van der Waals surface area contributed by atoms with Crippen LogP contribution in [-0.2, 0) is 13.1 Å². The molecule has 2 N–H and O–H groups in total. The lowest BCUT2D eigenvalue weighted by atomic mass is 10.1. The topological polar surface area (TPSA) is 43.8 Å². The summed E-state index contributed by atoms with van der Waals surface area (Å²) in [5.41, 5.74) is 6.60. The molecule has 0 aromatic carbocycles. The number of nitrogens with two attached hydrogens (primary N) is 1. The first kappa shape index (κ1) is 10.3. The second-order valence-electron chi connectivity index (χ2n) is 3.85. The van der Waals surface area contributed by atoms with Gasteiger partial charge in [-0.05, 0) is 18.8 Å². The number of aryl methyl sites for hydroxylation is 1. The van der Waals surface area contributed by atoms with Crippen LogP contribution >= 0.6 is 0 Å². The van der Waals surface area contributed by atoms with Gasteiger partial charge in [0.2, 0.25) is 0 Å². The van der Waals surface area contributed by atoms with E-state index in [4.69, 9.17) is 5.73 Å². The third-order valence-electron chi connectivity index (χ3n) is 2.09. The van der Waals surface area contributed by atoms with Crippen LogP contribution in [0.5, 0.6) is 0 Å². The Morgan fingerprint density at radius 2 is 2.31 bits per heavy atom. The van der Waals surface area contributed by atoms with Crippen LogP contribution in [0.3, 0.4) is 0 Å². The minimum absolute atomic E-state index is 0.587. The molecular weight excluding hydrogens is 162 g/mol. The molecule has 1 aromatic rings. The molecule has 0 aliphatic heterocycles. The lowest BCUT2D eigenvalue weighted by Crippen LogP contribution is -2.00. The van der Waals surface area contributed by atoms with Crippen molar-refractivity contribution in [2.24, 2.45) is 11.7 Å². The lowest BCUT2D eigenvalue weighted by Gasteiger charge is -2.03. The van der Waals surface area contributed by atoms with Crippen molar-refractivity contribution in [3.8, 4) is 0 Å². The fourth-order valence-corrected chi connectivity index (χ4v) is 1.30. The van der Waals surface area contributed by atoms with Gasteiger partial charge in [-0.2, -0.15) is 5.10 Å². The van der Waals surface area contributed by atoms with Gasteiger partial charge in [0.05, 0.1) is 6.20 Å². The van der Waals surface area contributed by atoms with Crippen molar-refractivity contribution in [1.82, 2.24) is 9.78 Å². The van der Waals surface area contributed by atoms with E-state index in [2.05, 4.69) is 18.9 Å². The summed E-state index contributed by atoms with van der Waals surface area (Å²) in [6, 6.07) is 0. The molecule has 3 heteroatoms. The average molecular weight is 181 g/mol. The van der Waals surface area contributed by atoms with E-state index in [0.29, 0.717) is 6.54 Å². The van der Waals surface area contributed by atoms with Gasteiger partial charge in [0.25, 0.3) is 0 Å². The minimum Gasteiger partial charge on any atom is -0.326 e. The molecule has 0 spiro atoms. The van der Waals surface area contributed by atoms with Crippen molar-refractivity contribution < 1.29 is 0 Å². The van der Waals surface area contributed by atoms with Gasteiger partial charge in [0.1, 0.15) is 0 Å². The second-order valence-corrected chi connectivity index (χ2v) is 3.85. The zero-order valence-electron chi connectivity index (χ0n) is 8.53. The van der Waals surface area contributed by atoms with Crippen molar-refractivity contribution in [1.29, 1.82) is 0 Å². The molecule has 3 nitrogen and oxygen atoms in total. The zero-order chi connectivity index (χ0) is 9.68. The molecule has 0 aliphatic carbocycles. The Morgan fingerprint density at radius 3 is 2.85 bits per heavy atom. The monoisotopic (exact) mass is 181 g/mol. The average Bonchev–Trinajstić information content (AvgIpc) is 2.52. The van der Waals surface area contributed by atoms with Crippen LogP contribution in [0.25, 0.3) is 0 Å². The van der Waals surface area contributed by atoms with Crippen molar-refractivity contribution in [3.05, 3.63) is 18.0 Å². The molecule has 0 radical (unpaired) electrons. The first-order chi connectivity index (χ1) is 6.22. The van der Waals surface area contributed by atoms with E-state index in [0.717, 1.165) is 18.0 Å². The summed E-state index contributed by atoms with van der Waals surface area (Å²) >= 11 is 0. The van der Waals surface area contributed by atoms with Crippen LogP contribution in [0.4, 0.5) is 0 Å². The molecular formula is C10H19N3. The van der Waals surface area contributed by atoms with E-state index in [1.807, 2.05) is 17.1 Å². The normalized spacial score (nSPS) is 11.1. The number of nitrogens with zero attached hydrogens (tertiary/aromatic N) is 2. The molecule has 1 rings (SSSR count). The Hall–Kier alpha value is -0.830. The Labute approximate surface area is 79.9 Å². The number of aromatic nitrogens is 2. The van der Waals surface area contributed by atoms with Crippen molar-refractivity contribution in [3.63, 3.8) is 0 Å². The molecule has 0 saturated heterocycles. The fourth-order valence-electron chi connectivity index (χ4n) is 1.30. The third-order valence-corrected chi connectivity index (χ3v) is 2.09. The quantitative estimate of drug-likeness (QED) is 0.752. The molecule has 13 heavy (non-hydrogen) atoms. The summed E-state index contributed by atoms with van der Waals surface area (Å²) in [6.07, 6.45) is 6.33. The lowest BCUT2D eigenvalue weighted by molar-refractivity contribution is 0.490. The SMILES string of the molecule is CC(C)CCCn1cc(CN)cn1. The van der Waals surface area contributed by atoms with Crippen molar-refractivity contribution in [2.75, 3.05) is 0 Å². The van der Waals surface area contributed by atoms with Crippen molar-refractivity contribution in [2.45, 2.75) is 39.8 Å². The van der Waals surface area contributed by atoms with Gasteiger partial charge < -0.3 is 5.73 Å². The number of rotatable bonds is 5. The van der Waals surface area contributed by atoms with Gasteiger partial charge in [0, 0.05) is 24.8 Å². The molecule has 0 aliphatic rings. The van der Waals surface area contributed by atoms with Crippen LogP contribution in [0.15, 0.2) is 12.4 Å². The van der Waals surface area contributed by atoms with Gasteiger partial charge in [0.15, 0.2) is 0 Å². The van der Waals surface area contributed by atoms with E-state index in [-0.39, 0.29) is 0 Å². The van der Waals surface area contributed by atoms with Gasteiger partial charge in [-0.3, -0.25) is 4.68 Å². The Kier molecular flexibility index (Phi) is 3.96. The molecule has 74 valence electrons. The standard InChI is InChI=1S/C10H19N3/c1-9(2)4-3-5-13-8-10(6-11)7-12-13/h7-9H,3-6,11H2,1-2H3. The third kappa shape index (κ3) is 3.59. The Bertz CT molecular complexity index is 240. The smallest absolute Gasteiger partial charge is 0.0534 e. The molecule has 1 heterocycles. The summed E-state index contributed by atoms with van der Waals surface area (Å²) in [6.45, 7) is 6.09. The summed E-state index contributed by atoms with van der Waals surface area (Å²) in [7, 11) is 0. The Morgan fingerprint density at radius 1 is 1.54 bits per heavy atom. The zero-order valence-corrected chi connectivity index (χ0v) is 8.53. The fraction of sp³-hybridized carbons (Fsp3) is 0.700. The predicted octanol–water partition coefficient (Wildman–Crippen LogP) is 1.78. The number of hydrogen-bond acceptors (Lipinski definition) is 2. The van der Waals surface area contributed by atoms with Gasteiger partial charge in [-0.1, -0.05) is 13.8 Å². The van der Waals surface area contributed by atoms with Gasteiger partial charge >= 0.3 is 0 Å². The first-order valence-corrected chi connectivity index (χ1v) is 4.93. The predicted molar refractivity (Wildman–Crippen MR) is 54.2 cm³/mol. The maximum atomic E-state index is 5.49. The largest absolute Gasteiger partial charge is 0.326 e. The second kappa shape index (κ2) is 5.02. The molecule has 0 saturated carbocycles. The molecule has 0 bridgehead atoms. The Balaban J connectivity index is 2.28. The van der Waals surface area contributed by atoms with E-state index < -0.39 is 0 Å². The number of hydrogen-bond donors (Lipinski definition) is 1. The van der Waals surface area contributed by atoms with Gasteiger partial charge in [-0.15, -0.1) is 0 Å². The van der Waals surface area contributed by atoms with Crippen LogP contribution in [0.1, 0.15) is 32.3 Å². The van der Waals surface area contributed by atoms with E-state index >= 15 is 0 Å². The van der Waals surface area contributed by atoms with E-state index in [1.54, 1.807) is 0 Å². The first-order valence-electron chi connectivity index (χ1n) is 4.93. The summed E-state index contributed by atoms with van der Waals surface area (Å²) in [5, 5.41) is 4.22. The minimum atomic E-state index is 0.587. The van der Waals surface area contributed by atoms with Crippen LogP contribution in [0.2, 0.25) is 0 Å². The van der Waals surface area contributed by atoms with Crippen molar-refractivity contribution >= 4 is 0 Å². The summed E-state index contributed by atoms with van der Waals surface area (Å²) in [5.74, 6) is 0.782. The van der Waals surface area contributed by atoms with E-state index in [1.165, 1.54) is 12.8 Å². The molecule has 0 atom stereocenters. The maximum absolute atomic E-state index is 5.49. The van der Waals surface area contributed by atoms with Crippen LogP contribution < -0.4 is 5.73 Å². The van der Waals surface area contributed by atoms with E-state index in [9.17, 15) is 0 Å². The summed E-state index contributed by atoms with van der Waals surface area (Å²) < 4.78 is 1.98. The summed E-state index contributed by atoms with van der Waals surface area (Å²) in [4.78, 5) is 0. The highest BCUT2D eigenvalue weighted by Crippen LogP contribution is 2.05. The van der Waals surface area contributed by atoms with Crippen LogP contribution in [0, 0.1) is 5.92 Å². The molecule has 0 unspecified atom stereocenters. The van der Waals surface area contributed by atoms with Crippen LogP contribution in [-0.4, -0.2) is 9.78 Å². The highest BCUT2D eigenvalue weighted by Gasteiger charge is 1.97. The molecule has 0 fully saturated rings. The maximum Gasteiger partial charge on any atom is 0.0534 e.